The Hall–Kier alpha value is -2.41. The first kappa shape index (κ1) is 20.6. The van der Waals surface area contributed by atoms with Crippen LogP contribution in [-0.2, 0) is 14.4 Å². The van der Waals surface area contributed by atoms with Gasteiger partial charge in [-0.2, -0.15) is 0 Å². The van der Waals surface area contributed by atoms with E-state index in [4.69, 9.17) is 0 Å². The van der Waals surface area contributed by atoms with E-state index < -0.39 is 0 Å². The number of para-hydroxylation sites is 1. The Balaban J connectivity index is 2.50. The predicted molar refractivity (Wildman–Crippen MR) is 98.2 cm³/mol. The Morgan fingerprint density at radius 2 is 1.64 bits per heavy atom. The molecule has 3 N–H and O–H groups in total. The summed E-state index contributed by atoms with van der Waals surface area (Å²) in [5.74, 6) is -0.669. The lowest BCUT2D eigenvalue weighted by Crippen LogP contribution is -2.44. The largest absolute Gasteiger partial charge is 0.355 e. The van der Waals surface area contributed by atoms with Crippen molar-refractivity contribution in [1.29, 1.82) is 0 Å². The standard InChI is InChI=1S/C18H28N4O3/c1-4-10-22(12-17(24)20-11-16(23)19-5-2)13-18(25)21-15-9-7-6-8-14(15)3/h6-9H,4-5,10-13H2,1-3H3,(H,19,23)(H,20,24)(H,21,25). The van der Waals surface area contributed by atoms with Gasteiger partial charge in [-0.1, -0.05) is 25.1 Å². The van der Waals surface area contributed by atoms with Crippen molar-refractivity contribution in [3.05, 3.63) is 29.8 Å². The number of hydrogen-bond acceptors (Lipinski definition) is 4. The molecule has 0 atom stereocenters. The van der Waals surface area contributed by atoms with Crippen molar-refractivity contribution < 1.29 is 14.4 Å². The van der Waals surface area contributed by atoms with E-state index in [1.54, 1.807) is 4.90 Å². The van der Waals surface area contributed by atoms with Crippen LogP contribution in [0.3, 0.4) is 0 Å². The van der Waals surface area contributed by atoms with Crippen LogP contribution in [-0.4, -0.2) is 55.3 Å². The molecule has 1 aromatic rings. The highest BCUT2D eigenvalue weighted by Crippen LogP contribution is 2.12. The number of likely N-dealkylation sites (N-methyl/N-ethyl adjacent to an activating group) is 1. The van der Waals surface area contributed by atoms with Crippen molar-refractivity contribution in [2.24, 2.45) is 0 Å². The predicted octanol–water partition coefficient (Wildman–Crippen LogP) is 0.898. The molecule has 1 rings (SSSR count). The molecule has 138 valence electrons. The second kappa shape index (κ2) is 11.2. The van der Waals surface area contributed by atoms with Crippen LogP contribution in [0.25, 0.3) is 0 Å². The van der Waals surface area contributed by atoms with E-state index in [0.29, 0.717) is 13.1 Å². The van der Waals surface area contributed by atoms with Gasteiger partial charge in [0.05, 0.1) is 19.6 Å². The molecule has 0 saturated heterocycles. The van der Waals surface area contributed by atoms with Gasteiger partial charge in [0.15, 0.2) is 0 Å². The number of anilines is 1. The smallest absolute Gasteiger partial charge is 0.239 e. The molecule has 3 amide bonds. The normalized spacial score (nSPS) is 10.4. The molecule has 25 heavy (non-hydrogen) atoms. The highest BCUT2D eigenvalue weighted by atomic mass is 16.2. The quantitative estimate of drug-likeness (QED) is 0.586. The Morgan fingerprint density at radius 1 is 0.960 bits per heavy atom. The van der Waals surface area contributed by atoms with Gasteiger partial charge < -0.3 is 16.0 Å². The van der Waals surface area contributed by atoms with Gasteiger partial charge in [-0.3, -0.25) is 19.3 Å². The highest BCUT2D eigenvalue weighted by molar-refractivity contribution is 5.93. The molecule has 0 aliphatic carbocycles. The molecular formula is C18H28N4O3. The molecule has 1 aromatic carbocycles. The lowest BCUT2D eigenvalue weighted by molar-refractivity contribution is -0.127. The second-order valence-electron chi connectivity index (χ2n) is 5.80. The summed E-state index contributed by atoms with van der Waals surface area (Å²) >= 11 is 0. The van der Waals surface area contributed by atoms with E-state index in [-0.39, 0.29) is 37.4 Å². The number of nitrogens with zero attached hydrogens (tertiary/aromatic N) is 1. The molecule has 0 spiro atoms. The topological polar surface area (TPSA) is 90.5 Å². The lowest BCUT2D eigenvalue weighted by Gasteiger charge is -2.20. The van der Waals surface area contributed by atoms with Crippen molar-refractivity contribution in [2.75, 3.05) is 38.0 Å². The number of benzene rings is 1. The minimum atomic E-state index is -0.275. The van der Waals surface area contributed by atoms with Gasteiger partial charge in [0.25, 0.3) is 0 Å². The summed E-state index contributed by atoms with van der Waals surface area (Å²) in [5.41, 5.74) is 1.75. The van der Waals surface area contributed by atoms with Gasteiger partial charge in [0.2, 0.25) is 17.7 Å². The summed E-state index contributed by atoms with van der Waals surface area (Å²) in [6, 6.07) is 7.54. The molecule has 0 unspecified atom stereocenters. The Bertz CT molecular complexity index is 589. The molecule has 0 fully saturated rings. The third-order valence-corrected chi connectivity index (χ3v) is 3.51. The molecule has 0 aliphatic rings. The summed E-state index contributed by atoms with van der Waals surface area (Å²) in [6.45, 7) is 7.02. The summed E-state index contributed by atoms with van der Waals surface area (Å²) in [7, 11) is 0. The fraction of sp³-hybridized carbons (Fsp3) is 0.500. The SMILES string of the molecule is CCCN(CC(=O)NCC(=O)NCC)CC(=O)Nc1ccccc1C. The maximum Gasteiger partial charge on any atom is 0.239 e. The molecule has 0 radical (unpaired) electrons. The van der Waals surface area contributed by atoms with E-state index in [1.165, 1.54) is 0 Å². The summed E-state index contributed by atoms with van der Waals surface area (Å²) in [4.78, 5) is 37.3. The Morgan fingerprint density at radius 3 is 2.28 bits per heavy atom. The first-order valence-electron chi connectivity index (χ1n) is 8.57. The van der Waals surface area contributed by atoms with Crippen molar-refractivity contribution >= 4 is 23.4 Å². The van der Waals surface area contributed by atoms with Gasteiger partial charge in [0, 0.05) is 12.2 Å². The number of carbonyl (C=O) groups excluding carboxylic acids is 3. The third-order valence-electron chi connectivity index (χ3n) is 3.51. The summed E-state index contributed by atoms with van der Waals surface area (Å²) in [6.07, 6.45) is 0.821. The first-order valence-corrected chi connectivity index (χ1v) is 8.57. The maximum atomic E-state index is 12.2. The fourth-order valence-corrected chi connectivity index (χ4v) is 2.33. The van der Waals surface area contributed by atoms with Crippen molar-refractivity contribution in [1.82, 2.24) is 15.5 Å². The minimum absolute atomic E-state index is 0.0535. The molecule has 0 heterocycles. The average Bonchev–Trinajstić information content (AvgIpc) is 2.55. The number of nitrogens with one attached hydrogen (secondary N) is 3. The second-order valence-corrected chi connectivity index (χ2v) is 5.80. The van der Waals surface area contributed by atoms with E-state index in [1.807, 2.05) is 45.0 Å². The molecular weight excluding hydrogens is 320 g/mol. The van der Waals surface area contributed by atoms with Crippen LogP contribution in [0, 0.1) is 6.92 Å². The van der Waals surface area contributed by atoms with Crippen molar-refractivity contribution in [2.45, 2.75) is 27.2 Å². The monoisotopic (exact) mass is 348 g/mol. The van der Waals surface area contributed by atoms with Gasteiger partial charge in [0.1, 0.15) is 0 Å². The zero-order valence-corrected chi connectivity index (χ0v) is 15.2. The summed E-state index contributed by atoms with van der Waals surface area (Å²) < 4.78 is 0. The molecule has 0 aromatic heterocycles. The highest BCUT2D eigenvalue weighted by Gasteiger charge is 2.15. The van der Waals surface area contributed by atoms with Crippen LogP contribution in [0.5, 0.6) is 0 Å². The first-order chi connectivity index (χ1) is 12.0. The van der Waals surface area contributed by atoms with Crippen LogP contribution >= 0.6 is 0 Å². The van der Waals surface area contributed by atoms with Crippen LogP contribution in [0.1, 0.15) is 25.8 Å². The molecule has 0 saturated carbocycles. The number of hydrogen-bond donors (Lipinski definition) is 3. The van der Waals surface area contributed by atoms with Gasteiger partial charge in [-0.15, -0.1) is 0 Å². The van der Waals surface area contributed by atoms with Gasteiger partial charge >= 0.3 is 0 Å². The van der Waals surface area contributed by atoms with Crippen LogP contribution in [0.15, 0.2) is 24.3 Å². The average molecular weight is 348 g/mol. The molecule has 0 bridgehead atoms. The number of carbonyl (C=O) groups is 3. The zero-order chi connectivity index (χ0) is 18.7. The number of aryl methyl sites for hydroxylation is 1. The third kappa shape index (κ3) is 8.30. The Labute approximate surface area is 149 Å². The molecule has 0 aliphatic heterocycles. The van der Waals surface area contributed by atoms with Crippen LogP contribution < -0.4 is 16.0 Å². The van der Waals surface area contributed by atoms with E-state index in [9.17, 15) is 14.4 Å². The van der Waals surface area contributed by atoms with Crippen LogP contribution in [0.4, 0.5) is 5.69 Å². The van der Waals surface area contributed by atoms with Crippen LogP contribution in [0.2, 0.25) is 0 Å². The van der Waals surface area contributed by atoms with E-state index in [2.05, 4.69) is 16.0 Å². The zero-order valence-electron chi connectivity index (χ0n) is 15.2. The molecule has 7 heteroatoms. The van der Waals surface area contributed by atoms with E-state index >= 15 is 0 Å². The Kier molecular flexibility index (Phi) is 9.24. The molecule has 7 nitrogen and oxygen atoms in total. The lowest BCUT2D eigenvalue weighted by atomic mass is 10.2. The van der Waals surface area contributed by atoms with Crippen molar-refractivity contribution in [3.8, 4) is 0 Å². The van der Waals surface area contributed by atoms with Crippen molar-refractivity contribution in [3.63, 3.8) is 0 Å². The van der Waals surface area contributed by atoms with Gasteiger partial charge in [-0.05, 0) is 38.4 Å². The maximum absolute atomic E-state index is 12.2. The number of amides is 3. The minimum Gasteiger partial charge on any atom is -0.355 e. The summed E-state index contributed by atoms with van der Waals surface area (Å²) in [5, 5.41) is 8.04. The van der Waals surface area contributed by atoms with Gasteiger partial charge in [-0.25, -0.2) is 0 Å². The number of rotatable bonds is 10. The van der Waals surface area contributed by atoms with E-state index in [0.717, 1.165) is 17.7 Å². The fourth-order valence-electron chi connectivity index (χ4n) is 2.33.